The van der Waals surface area contributed by atoms with Crippen LogP contribution in [0.5, 0.6) is 0 Å². The summed E-state index contributed by atoms with van der Waals surface area (Å²) < 4.78 is 1.76. The fourth-order valence-corrected chi connectivity index (χ4v) is 4.88. The van der Waals surface area contributed by atoms with Crippen molar-refractivity contribution in [3.8, 4) is 0 Å². The number of anilines is 1. The van der Waals surface area contributed by atoms with Gasteiger partial charge in [0.25, 0.3) is 0 Å². The average molecular weight is 517 g/mol. The molecule has 1 aliphatic rings. The normalized spacial score (nSPS) is 17.8. The summed E-state index contributed by atoms with van der Waals surface area (Å²) >= 11 is 0. The minimum absolute atomic E-state index is 0.121. The topological polar surface area (TPSA) is 131 Å². The third kappa shape index (κ3) is 6.00. The van der Waals surface area contributed by atoms with Gasteiger partial charge in [0.15, 0.2) is 12.1 Å². The summed E-state index contributed by atoms with van der Waals surface area (Å²) in [7, 11) is 0. The number of nitrogens with zero attached hydrogens (tertiary/aromatic N) is 2. The smallest absolute Gasteiger partial charge is 0.248 e. The van der Waals surface area contributed by atoms with Gasteiger partial charge in [0.05, 0.1) is 11.9 Å². The van der Waals surface area contributed by atoms with Crippen LogP contribution in [-0.2, 0) is 26.3 Å². The summed E-state index contributed by atoms with van der Waals surface area (Å²) in [5.74, 6) is -0.534. The van der Waals surface area contributed by atoms with Crippen molar-refractivity contribution in [2.24, 2.45) is 5.73 Å². The van der Waals surface area contributed by atoms with Crippen molar-refractivity contribution in [2.75, 3.05) is 11.9 Å². The lowest BCUT2D eigenvalue weighted by atomic mass is 9.82. The summed E-state index contributed by atoms with van der Waals surface area (Å²) in [6.07, 6.45) is 6.95. The molecule has 3 aromatic rings. The van der Waals surface area contributed by atoms with E-state index in [4.69, 9.17) is 5.73 Å². The van der Waals surface area contributed by atoms with E-state index in [1.807, 2.05) is 60.7 Å². The Labute approximate surface area is 223 Å². The molecule has 5 N–H and O–H groups in total. The quantitative estimate of drug-likeness (QED) is 0.290. The largest absolute Gasteiger partial charge is 0.343 e. The molecule has 3 atom stereocenters. The Morgan fingerprint density at radius 3 is 2.45 bits per heavy atom. The molecule has 4 rings (SSSR count). The molecule has 2 heterocycles. The van der Waals surface area contributed by atoms with Crippen LogP contribution in [0.25, 0.3) is 0 Å². The van der Waals surface area contributed by atoms with Gasteiger partial charge in [-0.25, -0.2) is 4.98 Å². The second-order valence-corrected chi connectivity index (χ2v) is 10.4. The van der Waals surface area contributed by atoms with Crippen molar-refractivity contribution in [1.82, 2.24) is 20.2 Å². The number of hydrogen-bond acceptors (Lipinski definition) is 6. The molecule has 2 unspecified atom stereocenters. The van der Waals surface area contributed by atoms with Crippen molar-refractivity contribution in [3.05, 3.63) is 84.3 Å². The van der Waals surface area contributed by atoms with Crippen LogP contribution in [-0.4, -0.2) is 51.8 Å². The molecule has 0 spiro atoms. The third-order valence-electron chi connectivity index (χ3n) is 7.04. The number of benzene rings is 2. The predicted molar refractivity (Wildman–Crippen MR) is 146 cm³/mol. The van der Waals surface area contributed by atoms with Gasteiger partial charge in [0, 0.05) is 12.2 Å². The van der Waals surface area contributed by atoms with Crippen molar-refractivity contribution in [2.45, 2.75) is 62.7 Å². The minimum Gasteiger partial charge on any atom is -0.343 e. The number of aryl methyl sites for hydroxylation is 1. The number of nitrogens with two attached hydrogens (primary N) is 1. The molecule has 0 aliphatic carbocycles. The second-order valence-electron chi connectivity index (χ2n) is 10.4. The molecule has 2 amide bonds. The molecule has 1 saturated heterocycles. The van der Waals surface area contributed by atoms with E-state index in [2.05, 4.69) is 20.9 Å². The zero-order valence-electron chi connectivity index (χ0n) is 21.9. The molecule has 9 heteroatoms. The molecule has 200 valence electrons. The lowest BCUT2D eigenvalue weighted by Gasteiger charge is -2.36. The second kappa shape index (κ2) is 11.7. The van der Waals surface area contributed by atoms with E-state index >= 15 is 0 Å². The molecular weight excluding hydrogens is 480 g/mol. The van der Waals surface area contributed by atoms with Crippen molar-refractivity contribution in [3.63, 3.8) is 0 Å². The van der Waals surface area contributed by atoms with Crippen LogP contribution in [0.15, 0.2) is 73.2 Å². The first-order valence-corrected chi connectivity index (χ1v) is 13.0. The van der Waals surface area contributed by atoms with E-state index in [0.717, 1.165) is 36.8 Å². The zero-order chi connectivity index (χ0) is 27.2. The van der Waals surface area contributed by atoms with Gasteiger partial charge in [-0.05, 0) is 57.2 Å². The standard InChI is InChI=1S/C29H36N6O3/c1-28(2,30)27(38)33-23(16-15-21-10-5-3-6-11-21)26(37)34-25-18-35(20-32-25)29(19-36,24-14-9-17-31-24)22-12-7-4-8-13-22/h3-8,10-13,18-20,23-24,31H,9,14-17,30H2,1-2H3,(H,33,38)(H,34,37)/t23-,24?,29?/m1/s1. The molecule has 38 heavy (non-hydrogen) atoms. The van der Waals surface area contributed by atoms with Gasteiger partial charge >= 0.3 is 0 Å². The monoisotopic (exact) mass is 516 g/mol. The summed E-state index contributed by atoms with van der Waals surface area (Å²) in [6, 6.07) is 18.4. The lowest BCUT2D eigenvalue weighted by Crippen LogP contribution is -2.55. The zero-order valence-corrected chi connectivity index (χ0v) is 21.9. The van der Waals surface area contributed by atoms with Gasteiger partial charge < -0.3 is 31.0 Å². The highest BCUT2D eigenvalue weighted by molar-refractivity contribution is 5.97. The summed E-state index contributed by atoms with van der Waals surface area (Å²) in [4.78, 5) is 43.2. The van der Waals surface area contributed by atoms with E-state index in [9.17, 15) is 14.4 Å². The van der Waals surface area contributed by atoms with Crippen molar-refractivity contribution < 1.29 is 14.4 Å². The Bertz CT molecular complexity index is 1230. The lowest BCUT2D eigenvalue weighted by molar-refractivity contribution is -0.129. The molecule has 1 fully saturated rings. The van der Waals surface area contributed by atoms with E-state index in [0.29, 0.717) is 18.7 Å². The van der Waals surface area contributed by atoms with Gasteiger partial charge in [-0.1, -0.05) is 60.7 Å². The number of carbonyl (C=O) groups is 3. The Balaban J connectivity index is 1.57. The van der Waals surface area contributed by atoms with Gasteiger partial charge in [-0.15, -0.1) is 0 Å². The highest BCUT2D eigenvalue weighted by Crippen LogP contribution is 2.33. The molecule has 0 saturated carbocycles. The fourth-order valence-electron chi connectivity index (χ4n) is 4.88. The first-order valence-electron chi connectivity index (χ1n) is 13.0. The van der Waals surface area contributed by atoms with Crippen LogP contribution >= 0.6 is 0 Å². The maximum absolute atomic E-state index is 13.4. The Morgan fingerprint density at radius 2 is 1.84 bits per heavy atom. The van der Waals surface area contributed by atoms with Crippen LogP contribution in [0.1, 0.15) is 44.2 Å². The van der Waals surface area contributed by atoms with Crippen LogP contribution in [0.3, 0.4) is 0 Å². The Kier molecular flexibility index (Phi) is 8.38. The molecule has 2 aromatic carbocycles. The van der Waals surface area contributed by atoms with E-state index in [1.165, 1.54) is 0 Å². The molecule has 1 aromatic heterocycles. The molecule has 0 bridgehead atoms. The van der Waals surface area contributed by atoms with Gasteiger partial charge in [0.2, 0.25) is 11.8 Å². The van der Waals surface area contributed by atoms with E-state index in [1.54, 1.807) is 30.9 Å². The summed E-state index contributed by atoms with van der Waals surface area (Å²) in [6.45, 7) is 4.01. The van der Waals surface area contributed by atoms with Crippen LogP contribution < -0.4 is 21.7 Å². The number of aromatic nitrogens is 2. The number of rotatable bonds is 11. The number of nitrogens with one attached hydrogen (secondary N) is 3. The van der Waals surface area contributed by atoms with Crippen LogP contribution in [0.4, 0.5) is 5.82 Å². The predicted octanol–water partition coefficient (Wildman–Crippen LogP) is 2.37. The highest BCUT2D eigenvalue weighted by atomic mass is 16.2. The average Bonchev–Trinajstić information content (AvgIpc) is 3.62. The number of imidazole rings is 1. The Hall–Kier alpha value is -3.82. The van der Waals surface area contributed by atoms with E-state index in [-0.39, 0.29) is 6.04 Å². The highest BCUT2D eigenvalue weighted by Gasteiger charge is 2.43. The maximum Gasteiger partial charge on any atom is 0.248 e. The first-order chi connectivity index (χ1) is 18.2. The molecule has 0 radical (unpaired) electrons. The fraction of sp³-hybridized carbons (Fsp3) is 0.379. The Morgan fingerprint density at radius 1 is 1.16 bits per heavy atom. The third-order valence-corrected chi connectivity index (χ3v) is 7.04. The van der Waals surface area contributed by atoms with Gasteiger partial charge in [-0.3, -0.25) is 9.59 Å². The SMILES string of the molecule is CC(C)(N)C(=O)N[C@H](CCc1ccccc1)C(=O)Nc1cn(C(C=O)(c2ccccc2)C2CCCN2)cn1. The number of amides is 2. The van der Waals surface area contributed by atoms with Crippen LogP contribution in [0.2, 0.25) is 0 Å². The minimum atomic E-state index is -1.14. The van der Waals surface area contributed by atoms with Gasteiger partial charge in [-0.2, -0.15) is 0 Å². The maximum atomic E-state index is 13.4. The van der Waals surface area contributed by atoms with Crippen LogP contribution in [0, 0.1) is 0 Å². The summed E-state index contributed by atoms with van der Waals surface area (Å²) in [5.41, 5.74) is 5.71. The number of carbonyl (C=O) groups excluding carboxylic acids is 3. The van der Waals surface area contributed by atoms with Gasteiger partial charge in [0.1, 0.15) is 11.6 Å². The number of aldehydes is 1. The molecular formula is C29H36N6O3. The molecule has 9 nitrogen and oxygen atoms in total. The first kappa shape index (κ1) is 27.2. The summed E-state index contributed by atoms with van der Waals surface area (Å²) in [5, 5.41) is 9.08. The number of hydrogen-bond donors (Lipinski definition) is 4. The molecule has 1 aliphatic heterocycles. The van der Waals surface area contributed by atoms with E-state index < -0.39 is 28.9 Å². The van der Waals surface area contributed by atoms with Crippen molar-refractivity contribution in [1.29, 1.82) is 0 Å². The van der Waals surface area contributed by atoms with Crippen molar-refractivity contribution >= 4 is 23.9 Å².